The number of rotatable bonds is 4. The number of nitrogen functional groups attached to an aromatic ring is 1. The molecule has 3 N–H and O–H groups in total. The highest BCUT2D eigenvalue weighted by Crippen LogP contribution is 2.39. The van der Waals surface area contributed by atoms with E-state index in [0.717, 1.165) is 0 Å². The number of imidazole rings is 1. The van der Waals surface area contributed by atoms with E-state index in [4.69, 9.17) is 17.3 Å². The molecule has 0 unspecified atom stereocenters. The number of hydrogen-bond donors (Lipinski definition) is 2. The van der Waals surface area contributed by atoms with Crippen molar-refractivity contribution in [3.05, 3.63) is 65.0 Å². The summed E-state index contributed by atoms with van der Waals surface area (Å²) in [6, 6.07) is 10.1. The lowest BCUT2D eigenvalue weighted by atomic mass is 10.0. The van der Waals surface area contributed by atoms with Crippen LogP contribution in [0.5, 0.6) is 0 Å². The van der Waals surface area contributed by atoms with Gasteiger partial charge >= 0.3 is 0 Å². The second kappa shape index (κ2) is 7.66. The molecular formula is C19H13ClFIN8. The smallest absolute Gasteiger partial charge is 0.155 e. The molecule has 0 spiro atoms. The number of hydrogen-bond acceptors (Lipinski definition) is 7. The van der Waals surface area contributed by atoms with E-state index in [-0.39, 0.29) is 17.2 Å². The number of fused-ring (bicyclic) bond motifs is 1. The zero-order valence-electron chi connectivity index (χ0n) is 15.4. The molecule has 1 atom stereocenters. The van der Waals surface area contributed by atoms with Crippen molar-refractivity contribution < 1.29 is 4.39 Å². The highest BCUT2D eigenvalue weighted by atomic mass is 127. The van der Waals surface area contributed by atoms with Crippen LogP contribution in [0.4, 0.5) is 16.0 Å². The Morgan fingerprint density at radius 1 is 1.30 bits per heavy atom. The molecule has 4 rings (SSSR count). The summed E-state index contributed by atoms with van der Waals surface area (Å²) in [5.74, 6) is -0.120. The van der Waals surface area contributed by atoms with Gasteiger partial charge in [-0.05, 0) is 47.7 Å². The van der Waals surface area contributed by atoms with Gasteiger partial charge in [-0.15, -0.1) is 0 Å². The van der Waals surface area contributed by atoms with Crippen LogP contribution in [0.15, 0.2) is 42.9 Å². The normalized spacial score (nSPS) is 13.0. The summed E-state index contributed by atoms with van der Waals surface area (Å²) in [6.45, 7) is 1.84. The summed E-state index contributed by atoms with van der Waals surface area (Å²) in [5.41, 5.74) is 7.68. The number of benzene rings is 1. The van der Waals surface area contributed by atoms with Gasteiger partial charge in [0.2, 0.25) is 0 Å². The van der Waals surface area contributed by atoms with Crippen LogP contribution in [0.1, 0.15) is 18.1 Å². The second-order valence-corrected chi connectivity index (χ2v) is 9.00. The number of alkyl halides is 1. The number of aromatic nitrogens is 5. The molecule has 3 heterocycles. The number of nitrogens with two attached hydrogens (primary N) is 1. The molecule has 0 aliphatic rings. The molecule has 0 bridgehead atoms. The van der Waals surface area contributed by atoms with Crippen LogP contribution >= 0.6 is 34.2 Å². The summed E-state index contributed by atoms with van der Waals surface area (Å²) in [5, 5.41) is 17.5. The predicted octanol–water partition coefficient (Wildman–Crippen LogP) is 4.15. The van der Waals surface area contributed by atoms with E-state index in [1.165, 1.54) is 23.1 Å². The second-order valence-electron chi connectivity index (χ2n) is 6.46. The van der Waals surface area contributed by atoms with Gasteiger partial charge in [0.1, 0.15) is 38.8 Å². The van der Waals surface area contributed by atoms with E-state index in [1.54, 1.807) is 24.3 Å². The molecule has 1 aromatic carbocycles. The Hall–Kier alpha value is -3.04. The van der Waals surface area contributed by atoms with Crippen molar-refractivity contribution in [1.29, 1.82) is 5.26 Å². The number of nitrogens with zero attached hydrogens (tertiary/aromatic N) is 6. The van der Waals surface area contributed by atoms with Crippen LogP contribution in [-0.2, 0) is 3.55 Å². The molecule has 0 radical (unpaired) electrons. The molecule has 11 heteroatoms. The molecule has 0 aliphatic heterocycles. The Bertz CT molecular complexity index is 1310. The highest BCUT2D eigenvalue weighted by molar-refractivity contribution is 14.1. The number of anilines is 2. The molecule has 8 nitrogen and oxygen atoms in total. The first-order chi connectivity index (χ1) is 14.3. The van der Waals surface area contributed by atoms with Gasteiger partial charge in [0, 0.05) is 11.1 Å². The summed E-state index contributed by atoms with van der Waals surface area (Å²) in [4.78, 5) is 12.2. The third-order valence-corrected chi connectivity index (χ3v) is 5.54. The first-order valence-corrected chi connectivity index (χ1v) is 10.0. The maximum absolute atomic E-state index is 14.7. The molecule has 0 saturated heterocycles. The fraction of sp³-hybridized carbons (Fsp3) is 0.105. The average molecular weight is 535 g/mol. The average Bonchev–Trinajstić information content (AvgIpc) is 3.07. The molecule has 0 amide bonds. The van der Waals surface area contributed by atoms with Gasteiger partial charge in [0.15, 0.2) is 16.6 Å². The van der Waals surface area contributed by atoms with Gasteiger partial charge in [-0.2, -0.15) is 10.4 Å². The van der Waals surface area contributed by atoms with Crippen molar-refractivity contribution in [2.45, 2.75) is 10.5 Å². The van der Waals surface area contributed by atoms with Crippen LogP contribution in [0.3, 0.4) is 0 Å². The van der Waals surface area contributed by atoms with Crippen molar-refractivity contribution in [3.8, 4) is 17.3 Å². The Morgan fingerprint density at radius 2 is 2.07 bits per heavy atom. The van der Waals surface area contributed by atoms with Crippen LogP contribution in [0.2, 0.25) is 5.15 Å². The first-order valence-electron chi connectivity index (χ1n) is 8.59. The van der Waals surface area contributed by atoms with Crippen molar-refractivity contribution >= 4 is 51.5 Å². The monoisotopic (exact) mass is 534 g/mol. The van der Waals surface area contributed by atoms with Crippen LogP contribution < -0.4 is 11.1 Å². The van der Waals surface area contributed by atoms with E-state index in [0.29, 0.717) is 27.6 Å². The third kappa shape index (κ3) is 3.50. The first kappa shape index (κ1) is 20.2. The van der Waals surface area contributed by atoms with Gasteiger partial charge in [-0.3, -0.25) is 0 Å². The maximum atomic E-state index is 14.7. The molecule has 30 heavy (non-hydrogen) atoms. The third-order valence-electron chi connectivity index (χ3n) is 4.43. The lowest BCUT2D eigenvalue weighted by Gasteiger charge is -2.28. The topological polar surface area (TPSA) is 118 Å². The zero-order chi connectivity index (χ0) is 21.5. The van der Waals surface area contributed by atoms with Crippen LogP contribution in [0, 0.1) is 17.1 Å². The largest absolute Gasteiger partial charge is 0.382 e. The maximum Gasteiger partial charge on any atom is 0.155 e. The van der Waals surface area contributed by atoms with Crippen LogP contribution in [-0.4, -0.2) is 24.6 Å². The molecular weight excluding hydrogens is 522 g/mol. The fourth-order valence-corrected chi connectivity index (χ4v) is 3.83. The Kier molecular flexibility index (Phi) is 5.17. The number of nitriles is 1. The standard InChI is InChI=1S/C19H13ClFIN8/c1-19(22,28-18-11(7-23)17(24)26-9-27-18)12-6-15-25-8-14(20)30(15)29-16(12)10-4-2-3-5-13(10)21/h2-6,8-9H,1H3,(H3,24,26,27,28)/t19-/m1/s1. The number of nitrogens with one attached hydrogen (secondary N) is 1. The van der Waals surface area contributed by atoms with Crippen molar-refractivity contribution in [1.82, 2.24) is 24.6 Å². The Balaban J connectivity index is 1.93. The molecule has 150 valence electrons. The molecule has 0 saturated carbocycles. The fourth-order valence-electron chi connectivity index (χ4n) is 2.99. The zero-order valence-corrected chi connectivity index (χ0v) is 18.3. The van der Waals surface area contributed by atoms with Crippen molar-refractivity contribution in [2.24, 2.45) is 0 Å². The summed E-state index contributed by atoms with van der Waals surface area (Å²) in [7, 11) is 0. The van der Waals surface area contributed by atoms with Gasteiger partial charge in [0.25, 0.3) is 0 Å². The minimum atomic E-state index is -0.880. The van der Waals surface area contributed by atoms with Gasteiger partial charge in [-0.25, -0.2) is 23.9 Å². The van der Waals surface area contributed by atoms with Crippen molar-refractivity contribution in [3.63, 3.8) is 0 Å². The highest BCUT2D eigenvalue weighted by Gasteiger charge is 2.31. The lowest BCUT2D eigenvalue weighted by molar-refractivity contribution is 0.629. The van der Waals surface area contributed by atoms with E-state index < -0.39 is 9.36 Å². The number of halogens is 3. The molecule has 4 aromatic rings. The van der Waals surface area contributed by atoms with E-state index >= 15 is 0 Å². The summed E-state index contributed by atoms with van der Waals surface area (Å²) >= 11 is 8.32. The minimum absolute atomic E-state index is 0.0603. The van der Waals surface area contributed by atoms with E-state index in [9.17, 15) is 9.65 Å². The molecule has 0 fully saturated rings. The van der Waals surface area contributed by atoms with Crippen molar-refractivity contribution in [2.75, 3.05) is 11.1 Å². The quantitative estimate of drug-likeness (QED) is 0.229. The Labute approximate surface area is 189 Å². The molecule has 0 aliphatic carbocycles. The van der Waals surface area contributed by atoms with Gasteiger partial charge in [0.05, 0.1) is 6.20 Å². The van der Waals surface area contributed by atoms with Gasteiger partial charge < -0.3 is 11.1 Å². The summed E-state index contributed by atoms with van der Waals surface area (Å²) < 4.78 is 15.2. The van der Waals surface area contributed by atoms with E-state index in [1.807, 2.05) is 13.0 Å². The van der Waals surface area contributed by atoms with Gasteiger partial charge in [-0.1, -0.05) is 23.7 Å². The molecule has 3 aromatic heterocycles. The SMILES string of the molecule is C[C@@](I)(Nc1ncnc(N)c1C#N)c1cc2ncc(Cl)n2nc1-c1ccccc1F. The Morgan fingerprint density at radius 3 is 2.80 bits per heavy atom. The predicted molar refractivity (Wildman–Crippen MR) is 120 cm³/mol. The summed E-state index contributed by atoms with van der Waals surface area (Å²) in [6.07, 6.45) is 2.73. The van der Waals surface area contributed by atoms with Crippen LogP contribution in [0.25, 0.3) is 16.9 Å². The van der Waals surface area contributed by atoms with E-state index in [2.05, 4.69) is 48.0 Å². The minimum Gasteiger partial charge on any atom is -0.382 e. The lowest BCUT2D eigenvalue weighted by Crippen LogP contribution is -2.27.